The van der Waals surface area contributed by atoms with Crippen molar-refractivity contribution >= 4 is 11.9 Å². The number of amides is 3. The van der Waals surface area contributed by atoms with Crippen LogP contribution in [0.5, 0.6) is 0 Å². The number of alkyl halides is 3. The third kappa shape index (κ3) is 2.71. The lowest BCUT2D eigenvalue weighted by Gasteiger charge is -2.36. The minimum absolute atomic E-state index is 0.0360. The van der Waals surface area contributed by atoms with Crippen LogP contribution >= 0.6 is 0 Å². The molecule has 0 saturated carbocycles. The fourth-order valence-corrected chi connectivity index (χ4v) is 3.12. The highest BCUT2D eigenvalue weighted by Gasteiger charge is 2.43. The number of rotatable bonds is 1. The number of halogens is 3. The van der Waals surface area contributed by atoms with E-state index in [1.165, 1.54) is 11.1 Å². The number of nitrogens with zero attached hydrogens (tertiary/aromatic N) is 3. The maximum Gasteiger partial charge on any atom is 0.418 e. The second kappa shape index (κ2) is 5.39. The van der Waals surface area contributed by atoms with Gasteiger partial charge < -0.3 is 15.1 Å². The Hall–Kier alpha value is -2.32. The SMILES string of the molecule is CN1C(=O)N[C@@H]2CN(C(=O)c3ccncc3C(F)(F)F)CC[C@@H]21. The summed E-state index contributed by atoms with van der Waals surface area (Å²) in [5, 5.41) is 2.75. The van der Waals surface area contributed by atoms with Crippen LogP contribution in [-0.4, -0.2) is 58.9 Å². The number of likely N-dealkylation sites (tertiary alicyclic amines) is 1. The molecule has 23 heavy (non-hydrogen) atoms. The van der Waals surface area contributed by atoms with Crippen LogP contribution in [0, 0.1) is 0 Å². The second-order valence-corrected chi connectivity index (χ2v) is 5.69. The van der Waals surface area contributed by atoms with E-state index in [1.807, 2.05) is 0 Å². The van der Waals surface area contributed by atoms with Gasteiger partial charge in [-0.2, -0.15) is 13.2 Å². The van der Waals surface area contributed by atoms with Crippen molar-refractivity contribution in [2.24, 2.45) is 0 Å². The highest BCUT2D eigenvalue weighted by atomic mass is 19.4. The number of hydrogen-bond acceptors (Lipinski definition) is 3. The summed E-state index contributed by atoms with van der Waals surface area (Å²) in [5.74, 6) is -0.693. The van der Waals surface area contributed by atoms with Crippen LogP contribution < -0.4 is 5.32 Å². The van der Waals surface area contributed by atoms with Gasteiger partial charge in [0.2, 0.25) is 0 Å². The molecule has 2 aliphatic rings. The highest BCUT2D eigenvalue weighted by molar-refractivity contribution is 5.96. The molecule has 0 aromatic carbocycles. The third-order valence-electron chi connectivity index (χ3n) is 4.35. The Labute approximate surface area is 130 Å². The molecule has 0 unspecified atom stereocenters. The number of carbonyl (C=O) groups is 2. The van der Waals surface area contributed by atoms with Crippen LogP contribution in [0.4, 0.5) is 18.0 Å². The summed E-state index contributed by atoms with van der Waals surface area (Å²) in [6.07, 6.45) is -2.29. The number of piperidine rings is 1. The normalized spacial score (nSPS) is 24.4. The molecule has 9 heteroatoms. The van der Waals surface area contributed by atoms with Crippen molar-refractivity contribution in [3.8, 4) is 0 Å². The van der Waals surface area contributed by atoms with Crippen LogP contribution in [0.25, 0.3) is 0 Å². The van der Waals surface area contributed by atoms with E-state index < -0.39 is 23.2 Å². The topological polar surface area (TPSA) is 65.5 Å². The van der Waals surface area contributed by atoms with E-state index in [-0.39, 0.29) is 24.7 Å². The summed E-state index contributed by atoms with van der Waals surface area (Å²) in [4.78, 5) is 30.5. The molecule has 1 N–H and O–H groups in total. The summed E-state index contributed by atoms with van der Waals surface area (Å²) in [6, 6.07) is 0.554. The molecular weight excluding hydrogens is 313 g/mol. The summed E-state index contributed by atoms with van der Waals surface area (Å²) in [6.45, 7) is 0.498. The molecule has 0 spiro atoms. The Bertz CT molecular complexity index is 649. The van der Waals surface area contributed by atoms with Gasteiger partial charge in [0.1, 0.15) is 0 Å². The van der Waals surface area contributed by atoms with Gasteiger partial charge in [-0.1, -0.05) is 0 Å². The van der Waals surface area contributed by atoms with Crippen molar-refractivity contribution in [3.05, 3.63) is 29.6 Å². The zero-order chi connectivity index (χ0) is 16.8. The van der Waals surface area contributed by atoms with Crippen molar-refractivity contribution in [1.82, 2.24) is 20.1 Å². The molecular formula is C14H15F3N4O2. The molecule has 0 radical (unpaired) electrons. The van der Waals surface area contributed by atoms with Crippen LogP contribution in [-0.2, 0) is 6.18 Å². The first-order valence-corrected chi connectivity index (χ1v) is 7.13. The highest BCUT2D eigenvalue weighted by Crippen LogP contribution is 2.32. The van der Waals surface area contributed by atoms with Gasteiger partial charge in [0.15, 0.2) is 0 Å². The number of fused-ring (bicyclic) bond motifs is 1. The number of nitrogens with one attached hydrogen (secondary N) is 1. The lowest BCUT2D eigenvalue weighted by molar-refractivity contribution is -0.138. The van der Waals surface area contributed by atoms with Gasteiger partial charge in [0, 0.05) is 32.5 Å². The van der Waals surface area contributed by atoms with Crippen LogP contribution in [0.1, 0.15) is 22.3 Å². The standard InChI is InChI=1S/C14H15F3N4O2/c1-20-11-3-5-21(7-10(11)19-13(20)23)12(22)8-2-4-18-6-9(8)14(15,16)17/h2,4,6,10-11H,3,5,7H2,1H3,(H,19,23)/t10-,11+/m1/s1. The Morgan fingerprint density at radius 3 is 2.87 bits per heavy atom. The number of likely N-dealkylation sites (N-methyl/N-ethyl adjacent to an activating group) is 1. The largest absolute Gasteiger partial charge is 0.418 e. The molecule has 3 rings (SSSR count). The molecule has 2 saturated heterocycles. The van der Waals surface area contributed by atoms with Gasteiger partial charge in [0.05, 0.1) is 23.2 Å². The zero-order valence-electron chi connectivity index (χ0n) is 12.3. The number of carbonyl (C=O) groups excluding carboxylic acids is 2. The van der Waals surface area contributed by atoms with E-state index in [0.717, 1.165) is 6.07 Å². The Balaban J connectivity index is 1.82. The van der Waals surface area contributed by atoms with Crippen molar-refractivity contribution < 1.29 is 22.8 Å². The molecule has 1 aromatic rings. The van der Waals surface area contributed by atoms with Gasteiger partial charge in [-0.15, -0.1) is 0 Å². The number of hydrogen-bond donors (Lipinski definition) is 1. The molecule has 124 valence electrons. The third-order valence-corrected chi connectivity index (χ3v) is 4.35. The molecule has 6 nitrogen and oxygen atoms in total. The molecule has 2 aliphatic heterocycles. The van der Waals surface area contributed by atoms with Gasteiger partial charge in [-0.05, 0) is 12.5 Å². The fraction of sp³-hybridized carbons (Fsp3) is 0.500. The van der Waals surface area contributed by atoms with Crippen LogP contribution in [0.3, 0.4) is 0 Å². The van der Waals surface area contributed by atoms with Crippen molar-refractivity contribution in [2.75, 3.05) is 20.1 Å². The summed E-state index contributed by atoms with van der Waals surface area (Å²) < 4.78 is 39.1. The van der Waals surface area contributed by atoms with Gasteiger partial charge in [-0.3, -0.25) is 9.78 Å². The van der Waals surface area contributed by atoms with E-state index >= 15 is 0 Å². The summed E-state index contributed by atoms with van der Waals surface area (Å²) in [5.41, 5.74) is -1.46. The molecule has 2 fully saturated rings. The lowest BCUT2D eigenvalue weighted by Crippen LogP contribution is -2.52. The summed E-state index contributed by atoms with van der Waals surface area (Å²) in [7, 11) is 1.67. The first-order chi connectivity index (χ1) is 10.8. The first kappa shape index (κ1) is 15.6. The summed E-state index contributed by atoms with van der Waals surface area (Å²) >= 11 is 0. The number of pyridine rings is 1. The molecule has 2 atom stereocenters. The maximum atomic E-state index is 13.0. The number of aromatic nitrogens is 1. The van der Waals surface area contributed by atoms with Crippen molar-refractivity contribution in [1.29, 1.82) is 0 Å². The average Bonchev–Trinajstić information content (AvgIpc) is 2.80. The Morgan fingerprint density at radius 1 is 1.43 bits per heavy atom. The van der Waals surface area contributed by atoms with E-state index in [9.17, 15) is 22.8 Å². The molecule has 0 bridgehead atoms. The second-order valence-electron chi connectivity index (χ2n) is 5.69. The minimum atomic E-state index is -4.64. The van der Waals surface area contributed by atoms with Gasteiger partial charge in [-0.25, -0.2) is 4.79 Å². The van der Waals surface area contributed by atoms with Crippen LogP contribution in [0.2, 0.25) is 0 Å². The predicted molar refractivity (Wildman–Crippen MR) is 73.6 cm³/mol. The Kier molecular flexibility index (Phi) is 3.65. The minimum Gasteiger partial charge on any atom is -0.336 e. The quantitative estimate of drug-likeness (QED) is 0.846. The van der Waals surface area contributed by atoms with E-state index in [0.29, 0.717) is 19.2 Å². The van der Waals surface area contributed by atoms with E-state index in [1.54, 1.807) is 11.9 Å². The van der Waals surface area contributed by atoms with Crippen molar-refractivity contribution in [3.63, 3.8) is 0 Å². The lowest BCUT2D eigenvalue weighted by atomic mass is 9.99. The monoisotopic (exact) mass is 328 g/mol. The van der Waals surface area contributed by atoms with Gasteiger partial charge in [0.25, 0.3) is 5.91 Å². The maximum absolute atomic E-state index is 13.0. The van der Waals surface area contributed by atoms with E-state index in [4.69, 9.17) is 0 Å². The zero-order valence-corrected chi connectivity index (χ0v) is 12.3. The molecule has 3 heterocycles. The average molecular weight is 328 g/mol. The van der Waals surface area contributed by atoms with E-state index in [2.05, 4.69) is 10.3 Å². The number of urea groups is 1. The first-order valence-electron chi connectivity index (χ1n) is 7.13. The smallest absolute Gasteiger partial charge is 0.336 e. The Morgan fingerprint density at radius 2 is 2.17 bits per heavy atom. The predicted octanol–water partition coefficient (Wildman–Crippen LogP) is 1.34. The van der Waals surface area contributed by atoms with Gasteiger partial charge >= 0.3 is 12.2 Å². The van der Waals surface area contributed by atoms with Crippen LogP contribution in [0.15, 0.2) is 18.5 Å². The fourth-order valence-electron chi connectivity index (χ4n) is 3.12. The molecule has 1 aromatic heterocycles. The van der Waals surface area contributed by atoms with Crippen molar-refractivity contribution in [2.45, 2.75) is 24.7 Å². The molecule has 3 amide bonds. The molecule has 0 aliphatic carbocycles.